The first-order chi connectivity index (χ1) is 11.2. The summed E-state index contributed by atoms with van der Waals surface area (Å²) in [5, 5.41) is 10.1. The zero-order chi connectivity index (χ0) is 16.1. The van der Waals surface area contributed by atoms with Crippen LogP contribution < -0.4 is 10.6 Å². The second-order valence-corrected chi connectivity index (χ2v) is 5.19. The van der Waals surface area contributed by atoms with Crippen LogP contribution in [0.25, 0.3) is 5.69 Å². The lowest BCUT2D eigenvalue weighted by Crippen LogP contribution is -2.28. The molecule has 3 aromatic rings. The molecule has 6 nitrogen and oxygen atoms in total. The van der Waals surface area contributed by atoms with E-state index in [0.29, 0.717) is 17.3 Å². The van der Waals surface area contributed by atoms with E-state index in [1.165, 1.54) is 0 Å². The molecule has 2 heterocycles. The van der Waals surface area contributed by atoms with E-state index in [9.17, 15) is 4.79 Å². The highest BCUT2D eigenvalue weighted by molar-refractivity contribution is 6.32. The fourth-order valence-electron chi connectivity index (χ4n) is 2.04. The Labute approximate surface area is 138 Å². The Morgan fingerprint density at radius 1 is 1.17 bits per heavy atom. The summed E-state index contributed by atoms with van der Waals surface area (Å²) in [4.78, 5) is 15.8. The van der Waals surface area contributed by atoms with Gasteiger partial charge >= 0.3 is 6.03 Å². The second kappa shape index (κ2) is 6.93. The first-order valence-corrected chi connectivity index (χ1v) is 7.33. The molecule has 2 amide bonds. The van der Waals surface area contributed by atoms with Gasteiger partial charge in [-0.05, 0) is 42.0 Å². The van der Waals surface area contributed by atoms with E-state index in [2.05, 4.69) is 20.7 Å². The number of aromatic nitrogens is 3. The lowest BCUT2D eigenvalue weighted by atomic mass is 10.2. The number of rotatable bonds is 4. The van der Waals surface area contributed by atoms with E-state index >= 15 is 0 Å². The molecule has 0 aliphatic rings. The zero-order valence-electron chi connectivity index (χ0n) is 12.1. The first-order valence-electron chi connectivity index (χ1n) is 6.96. The lowest BCUT2D eigenvalue weighted by molar-refractivity contribution is 0.251. The van der Waals surface area contributed by atoms with Gasteiger partial charge in [0.25, 0.3) is 0 Å². The SMILES string of the molecule is O=C(NCc1ccncc1)Nc1ccc(-n2cccn2)c(Cl)c1. The fourth-order valence-corrected chi connectivity index (χ4v) is 2.31. The van der Waals surface area contributed by atoms with Crippen molar-refractivity contribution in [1.29, 1.82) is 0 Å². The quantitative estimate of drug-likeness (QED) is 0.772. The van der Waals surface area contributed by atoms with Gasteiger partial charge in [-0.1, -0.05) is 11.6 Å². The van der Waals surface area contributed by atoms with Gasteiger partial charge < -0.3 is 10.6 Å². The maximum atomic E-state index is 11.9. The minimum absolute atomic E-state index is 0.301. The summed E-state index contributed by atoms with van der Waals surface area (Å²) in [7, 11) is 0. The third-order valence-electron chi connectivity index (χ3n) is 3.16. The minimum Gasteiger partial charge on any atom is -0.334 e. The average Bonchev–Trinajstić information content (AvgIpc) is 3.08. The molecule has 0 bridgehead atoms. The molecular weight excluding hydrogens is 314 g/mol. The highest BCUT2D eigenvalue weighted by Gasteiger charge is 2.07. The fraction of sp³-hybridized carbons (Fsp3) is 0.0625. The minimum atomic E-state index is -0.301. The smallest absolute Gasteiger partial charge is 0.319 e. The molecule has 0 unspecified atom stereocenters. The molecule has 0 atom stereocenters. The van der Waals surface area contributed by atoms with Crippen LogP contribution in [0.1, 0.15) is 5.56 Å². The number of urea groups is 1. The molecule has 3 rings (SSSR count). The van der Waals surface area contributed by atoms with Crippen LogP contribution in [0.5, 0.6) is 0 Å². The number of benzene rings is 1. The average molecular weight is 328 g/mol. The van der Waals surface area contributed by atoms with Gasteiger partial charge in [0.15, 0.2) is 0 Å². The van der Waals surface area contributed by atoms with Crippen molar-refractivity contribution in [1.82, 2.24) is 20.1 Å². The Balaban J connectivity index is 1.62. The van der Waals surface area contributed by atoms with Crippen LogP contribution in [-0.4, -0.2) is 20.8 Å². The number of carbonyl (C=O) groups excluding carboxylic acids is 1. The van der Waals surface area contributed by atoms with Crippen LogP contribution in [0, 0.1) is 0 Å². The number of nitrogens with one attached hydrogen (secondary N) is 2. The summed E-state index contributed by atoms with van der Waals surface area (Å²) in [6.45, 7) is 0.424. The molecule has 1 aromatic carbocycles. The number of pyridine rings is 1. The van der Waals surface area contributed by atoms with Crippen LogP contribution in [-0.2, 0) is 6.54 Å². The Hall–Kier alpha value is -2.86. The number of halogens is 1. The molecule has 23 heavy (non-hydrogen) atoms. The normalized spacial score (nSPS) is 10.3. The lowest BCUT2D eigenvalue weighted by Gasteiger charge is -2.10. The standard InChI is InChI=1S/C16H14ClN5O/c17-14-10-13(2-3-15(14)22-9-1-6-20-22)21-16(23)19-11-12-4-7-18-8-5-12/h1-10H,11H2,(H2,19,21,23). The molecule has 2 N–H and O–H groups in total. The predicted octanol–water partition coefficient (Wildman–Crippen LogP) is 3.24. The molecule has 0 spiro atoms. The van der Waals surface area contributed by atoms with E-state index < -0.39 is 0 Å². The first kappa shape index (κ1) is 15.1. The van der Waals surface area contributed by atoms with E-state index in [4.69, 9.17) is 11.6 Å². The third kappa shape index (κ3) is 3.87. The Kier molecular flexibility index (Phi) is 4.54. The van der Waals surface area contributed by atoms with Crippen LogP contribution in [0.15, 0.2) is 61.2 Å². The molecule has 0 saturated carbocycles. The molecule has 116 valence electrons. The highest BCUT2D eigenvalue weighted by atomic mass is 35.5. The zero-order valence-corrected chi connectivity index (χ0v) is 12.9. The van der Waals surface area contributed by atoms with Gasteiger partial charge in [0.2, 0.25) is 0 Å². The number of carbonyl (C=O) groups is 1. The predicted molar refractivity (Wildman–Crippen MR) is 88.7 cm³/mol. The van der Waals surface area contributed by atoms with Crippen molar-refractivity contribution in [3.05, 3.63) is 71.8 Å². The van der Waals surface area contributed by atoms with Gasteiger partial charge in [-0.2, -0.15) is 5.10 Å². The maximum Gasteiger partial charge on any atom is 0.319 e. The molecular formula is C16H14ClN5O. The summed E-state index contributed by atoms with van der Waals surface area (Å²) in [5.74, 6) is 0. The van der Waals surface area contributed by atoms with Crippen LogP contribution in [0.4, 0.5) is 10.5 Å². The van der Waals surface area contributed by atoms with Gasteiger partial charge in [-0.25, -0.2) is 9.48 Å². The van der Waals surface area contributed by atoms with Crippen molar-refractivity contribution >= 4 is 23.3 Å². The van der Waals surface area contributed by atoms with Crippen molar-refractivity contribution in [2.45, 2.75) is 6.54 Å². The highest BCUT2D eigenvalue weighted by Crippen LogP contribution is 2.23. The van der Waals surface area contributed by atoms with Gasteiger partial charge in [0.05, 0.1) is 10.7 Å². The summed E-state index contributed by atoms with van der Waals surface area (Å²) >= 11 is 6.24. The van der Waals surface area contributed by atoms with E-state index in [1.807, 2.05) is 18.2 Å². The molecule has 7 heteroatoms. The number of amides is 2. The van der Waals surface area contributed by atoms with Crippen molar-refractivity contribution in [3.63, 3.8) is 0 Å². The number of hydrogen-bond donors (Lipinski definition) is 2. The monoisotopic (exact) mass is 327 g/mol. The van der Waals surface area contributed by atoms with E-state index in [-0.39, 0.29) is 6.03 Å². The van der Waals surface area contributed by atoms with Crippen molar-refractivity contribution < 1.29 is 4.79 Å². The van der Waals surface area contributed by atoms with E-state index in [1.54, 1.807) is 47.7 Å². The van der Waals surface area contributed by atoms with Crippen LogP contribution in [0.2, 0.25) is 5.02 Å². The Morgan fingerprint density at radius 2 is 2.00 bits per heavy atom. The van der Waals surface area contributed by atoms with Gasteiger partial charge in [-0.15, -0.1) is 0 Å². The largest absolute Gasteiger partial charge is 0.334 e. The third-order valence-corrected chi connectivity index (χ3v) is 3.46. The second-order valence-electron chi connectivity index (χ2n) is 4.78. The van der Waals surface area contributed by atoms with Crippen LogP contribution >= 0.6 is 11.6 Å². The van der Waals surface area contributed by atoms with Crippen molar-refractivity contribution in [3.8, 4) is 5.69 Å². The van der Waals surface area contributed by atoms with Crippen molar-refractivity contribution in [2.75, 3.05) is 5.32 Å². The number of hydrogen-bond acceptors (Lipinski definition) is 3. The Morgan fingerprint density at radius 3 is 2.70 bits per heavy atom. The maximum absolute atomic E-state index is 11.9. The summed E-state index contributed by atoms with van der Waals surface area (Å²) in [6, 6.07) is 10.5. The van der Waals surface area contributed by atoms with Gasteiger partial charge in [-0.3, -0.25) is 4.98 Å². The summed E-state index contributed by atoms with van der Waals surface area (Å²) in [6.07, 6.45) is 6.84. The summed E-state index contributed by atoms with van der Waals surface area (Å²) in [5.41, 5.74) is 2.33. The summed E-state index contributed by atoms with van der Waals surface area (Å²) < 4.78 is 1.66. The van der Waals surface area contributed by atoms with Crippen LogP contribution in [0.3, 0.4) is 0 Å². The van der Waals surface area contributed by atoms with Gasteiger partial charge in [0, 0.05) is 37.0 Å². The molecule has 0 fully saturated rings. The van der Waals surface area contributed by atoms with Gasteiger partial charge in [0.1, 0.15) is 0 Å². The topological polar surface area (TPSA) is 71.8 Å². The molecule has 0 saturated heterocycles. The Bertz CT molecular complexity index is 789. The molecule has 0 aliphatic carbocycles. The van der Waals surface area contributed by atoms with E-state index in [0.717, 1.165) is 11.3 Å². The number of nitrogens with zero attached hydrogens (tertiary/aromatic N) is 3. The molecule has 0 aliphatic heterocycles. The van der Waals surface area contributed by atoms with Crippen molar-refractivity contribution in [2.24, 2.45) is 0 Å². The molecule has 0 radical (unpaired) electrons. The molecule has 2 aromatic heterocycles. The number of anilines is 1.